The van der Waals surface area contributed by atoms with Gasteiger partial charge in [-0.2, -0.15) is 0 Å². The fraction of sp³-hybridized carbons (Fsp3) is 0.200. The van der Waals surface area contributed by atoms with E-state index in [9.17, 15) is 4.79 Å². The van der Waals surface area contributed by atoms with Crippen molar-refractivity contribution in [2.75, 3.05) is 12.3 Å². The second kappa shape index (κ2) is 5.97. The number of thiazole rings is 1. The molecule has 0 saturated carbocycles. The monoisotopic (exact) mass is 300 g/mol. The van der Waals surface area contributed by atoms with Crippen LogP contribution in [-0.2, 0) is 6.54 Å². The molecule has 2 heterocycles. The number of amides is 1. The van der Waals surface area contributed by atoms with Gasteiger partial charge in [0.25, 0.3) is 5.91 Å². The van der Waals surface area contributed by atoms with E-state index in [1.165, 1.54) is 22.2 Å². The molecule has 108 valence electrons. The van der Waals surface area contributed by atoms with E-state index in [1.807, 2.05) is 12.1 Å². The summed E-state index contributed by atoms with van der Waals surface area (Å²) in [6.07, 6.45) is 2.94. The summed E-state index contributed by atoms with van der Waals surface area (Å²) in [6, 6.07) is 10.4. The van der Waals surface area contributed by atoms with E-state index in [1.54, 1.807) is 5.38 Å². The van der Waals surface area contributed by atoms with Crippen molar-refractivity contribution in [2.45, 2.75) is 13.0 Å². The van der Waals surface area contributed by atoms with Crippen molar-refractivity contribution in [3.8, 4) is 0 Å². The van der Waals surface area contributed by atoms with Gasteiger partial charge in [0.2, 0.25) is 0 Å². The number of nitrogens with zero attached hydrogens (tertiary/aromatic N) is 2. The van der Waals surface area contributed by atoms with Gasteiger partial charge < -0.3 is 15.6 Å². The van der Waals surface area contributed by atoms with Crippen LogP contribution in [0.3, 0.4) is 0 Å². The van der Waals surface area contributed by atoms with Crippen LogP contribution in [0.4, 0.5) is 5.13 Å². The lowest BCUT2D eigenvalue weighted by atomic mass is 10.2. The first-order valence-electron chi connectivity index (χ1n) is 6.77. The van der Waals surface area contributed by atoms with Gasteiger partial charge in [0.05, 0.1) is 0 Å². The molecular weight excluding hydrogens is 284 g/mol. The molecule has 0 fully saturated rings. The summed E-state index contributed by atoms with van der Waals surface area (Å²) >= 11 is 1.27. The summed E-state index contributed by atoms with van der Waals surface area (Å²) in [5.74, 6) is -0.166. The lowest BCUT2D eigenvalue weighted by Crippen LogP contribution is -2.25. The number of hydrogen-bond donors (Lipinski definition) is 2. The summed E-state index contributed by atoms with van der Waals surface area (Å²) in [5.41, 5.74) is 7.12. The Balaban J connectivity index is 1.51. The van der Waals surface area contributed by atoms with Crippen LogP contribution in [0.25, 0.3) is 10.9 Å². The van der Waals surface area contributed by atoms with Crippen LogP contribution >= 0.6 is 11.3 Å². The van der Waals surface area contributed by atoms with E-state index in [2.05, 4.69) is 39.3 Å². The van der Waals surface area contributed by atoms with Gasteiger partial charge >= 0.3 is 0 Å². The Bertz CT molecular complexity index is 762. The average molecular weight is 300 g/mol. The van der Waals surface area contributed by atoms with E-state index in [-0.39, 0.29) is 5.91 Å². The summed E-state index contributed by atoms with van der Waals surface area (Å²) < 4.78 is 2.20. The minimum Gasteiger partial charge on any atom is -0.375 e. The highest BCUT2D eigenvalue weighted by molar-refractivity contribution is 7.13. The smallest absolute Gasteiger partial charge is 0.270 e. The molecule has 1 amide bonds. The third kappa shape index (κ3) is 3.05. The zero-order valence-corrected chi connectivity index (χ0v) is 12.3. The van der Waals surface area contributed by atoms with Gasteiger partial charge in [0, 0.05) is 30.2 Å². The van der Waals surface area contributed by atoms with Crippen molar-refractivity contribution in [1.82, 2.24) is 14.9 Å². The minimum atomic E-state index is -0.166. The maximum atomic E-state index is 11.8. The first-order valence-corrected chi connectivity index (χ1v) is 7.65. The molecule has 21 heavy (non-hydrogen) atoms. The van der Waals surface area contributed by atoms with Gasteiger partial charge in [0.1, 0.15) is 5.69 Å². The molecule has 6 heteroatoms. The standard InChI is InChI=1S/C15H16N4OS/c16-15-18-12(10-21-15)14(20)17-7-3-8-19-9-6-11-4-1-2-5-13(11)19/h1-2,4-6,9-10H,3,7-8H2,(H2,16,18)(H,17,20). The molecule has 3 N–H and O–H groups in total. The van der Waals surface area contributed by atoms with E-state index < -0.39 is 0 Å². The Morgan fingerprint density at radius 1 is 1.33 bits per heavy atom. The number of aromatic nitrogens is 2. The Labute approximate surface area is 126 Å². The third-order valence-electron chi connectivity index (χ3n) is 3.30. The Morgan fingerprint density at radius 2 is 2.19 bits per heavy atom. The minimum absolute atomic E-state index is 0.166. The average Bonchev–Trinajstić information content (AvgIpc) is 3.10. The Kier molecular flexibility index (Phi) is 3.87. The summed E-state index contributed by atoms with van der Waals surface area (Å²) in [7, 11) is 0. The number of rotatable bonds is 5. The van der Waals surface area contributed by atoms with Crippen molar-refractivity contribution in [3.63, 3.8) is 0 Å². The summed E-state index contributed by atoms with van der Waals surface area (Å²) in [5, 5.41) is 6.18. The molecule has 3 aromatic rings. The van der Waals surface area contributed by atoms with Crippen LogP contribution in [0.5, 0.6) is 0 Å². The number of nitrogen functional groups attached to an aromatic ring is 1. The molecule has 0 spiro atoms. The maximum Gasteiger partial charge on any atom is 0.270 e. The van der Waals surface area contributed by atoms with Gasteiger partial charge in [-0.25, -0.2) is 4.98 Å². The van der Waals surface area contributed by atoms with Crippen molar-refractivity contribution < 1.29 is 4.79 Å². The Hall–Kier alpha value is -2.34. The van der Waals surface area contributed by atoms with Crippen molar-refractivity contribution in [1.29, 1.82) is 0 Å². The number of para-hydroxylation sites is 1. The molecule has 0 aliphatic rings. The van der Waals surface area contributed by atoms with Crippen molar-refractivity contribution in [2.24, 2.45) is 0 Å². The molecule has 0 aliphatic heterocycles. The van der Waals surface area contributed by atoms with Gasteiger partial charge in [-0.05, 0) is 23.9 Å². The van der Waals surface area contributed by atoms with Crippen LogP contribution in [0.2, 0.25) is 0 Å². The highest BCUT2D eigenvalue weighted by Crippen LogP contribution is 2.15. The Morgan fingerprint density at radius 3 is 3.00 bits per heavy atom. The summed E-state index contributed by atoms with van der Waals surface area (Å²) in [6.45, 7) is 1.48. The predicted molar refractivity (Wildman–Crippen MR) is 85.4 cm³/mol. The molecule has 0 saturated heterocycles. The lowest BCUT2D eigenvalue weighted by Gasteiger charge is -2.06. The molecule has 0 aliphatic carbocycles. The molecule has 0 unspecified atom stereocenters. The first kappa shape index (κ1) is 13.6. The second-order valence-electron chi connectivity index (χ2n) is 4.75. The number of carbonyl (C=O) groups is 1. The molecule has 0 radical (unpaired) electrons. The van der Waals surface area contributed by atoms with Gasteiger partial charge in [-0.1, -0.05) is 18.2 Å². The molecular formula is C15H16N4OS. The normalized spacial score (nSPS) is 10.9. The fourth-order valence-corrected chi connectivity index (χ4v) is 2.81. The van der Waals surface area contributed by atoms with Crippen LogP contribution in [0.15, 0.2) is 41.9 Å². The van der Waals surface area contributed by atoms with Gasteiger partial charge in [0.15, 0.2) is 5.13 Å². The first-order chi connectivity index (χ1) is 10.2. The largest absolute Gasteiger partial charge is 0.375 e. The molecule has 0 atom stereocenters. The molecule has 5 nitrogen and oxygen atoms in total. The zero-order chi connectivity index (χ0) is 14.7. The molecule has 1 aromatic carbocycles. The number of hydrogen-bond acceptors (Lipinski definition) is 4. The topological polar surface area (TPSA) is 72.9 Å². The number of aryl methyl sites for hydroxylation is 1. The molecule has 0 bridgehead atoms. The number of nitrogens with one attached hydrogen (secondary N) is 1. The SMILES string of the molecule is Nc1nc(C(=O)NCCCn2ccc3ccccc32)cs1. The number of carbonyl (C=O) groups excluding carboxylic acids is 1. The van der Waals surface area contributed by atoms with Gasteiger partial charge in [-0.3, -0.25) is 4.79 Å². The number of anilines is 1. The van der Waals surface area contributed by atoms with Crippen LogP contribution in [-0.4, -0.2) is 22.0 Å². The van der Waals surface area contributed by atoms with Gasteiger partial charge in [-0.15, -0.1) is 11.3 Å². The van der Waals surface area contributed by atoms with Crippen LogP contribution in [0.1, 0.15) is 16.9 Å². The summed E-state index contributed by atoms with van der Waals surface area (Å²) in [4.78, 5) is 15.8. The lowest BCUT2D eigenvalue weighted by molar-refractivity contribution is 0.0948. The quantitative estimate of drug-likeness (QED) is 0.711. The molecule has 3 rings (SSSR count). The predicted octanol–water partition coefficient (Wildman–Crippen LogP) is 2.50. The van der Waals surface area contributed by atoms with E-state index >= 15 is 0 Å². The third-order valence-corrected chi connectivity index (χ3v) is 3.97. The maximum absolute atomic E-state index is 11.8. The van der Waals surface area contributed by atoms with Crippen molar-refractivity contribution in [3.05, 3.63) is 47.6 Å². The molecule has 2 aromatic heterocycles. The van der Waals surface area contributed by atoms with E-state index in [0.29, 0.717) is 17.4 Å². The van der Waals surface area contributed by atoms with E-state index in [4.69, 9.17) is 5.73 Å². The zero-order valence-electron chi connectivity index (χ0n) is 11.5. The highest BCUT2D eigenvalue weighted by Gasteiger charge is 2.08. The van der Waals surface area contributed by atoms with Crippen LogP contribution in [0, 0.1) is 0 Å². The van der Waals surface area contributed by atoms with Crippen LogP contribution < -0.4 is 11.1 Å². The fourth-order valence-electron chi connectivity index (χ4n) is 2.27. The number of benzene rings is 1. The number of fused-ring (bicyclic) bond motifs is 1. The van der Waals surface area contributed by atoms with E-state index in [0.717, 1.165) is 13.0 Å². The highest BCUT2D eigenvalue weighted by atomic mass is 32.1. The second-order valence-corrected chi connectivity index (χ2v) is 5.64. The van der Waals surface area contributed by atoms with Crippen molar-refractivity contribution >= 4 is 33.3 Å². The number of nitrogens with two attached hydrogens (primary N) is 1.